The van der Waals surface area contributed by atoms with Crippen molar-refractivity contribution in [1.82, 2.24) is 20.3 Å². The molecule has 10 heteroatoms. The minimum atomic E-state index is -4.44. The first-order valence-electron chi connectivity index (χ1n) is 9.55. The number of piperazine rings is 1. The van der Waals surface area contributed by atoms with Crippen LogP contribution in [0.25, 0.3) is 5.57 Å². The molecule has 3 aliphatic rings. The molecule has 1 N–H and O–H groups in total. The number of anilines is 1. The fourth-order valence-corrected chi connectivity index (χ4v) is 3.69. The highest BCUT2D eigenvalue weighted by Gasteiger charge is 2.34. The van der Waals surface area contributed by atoms with Crippen LogP contribution in [0.1, 0.15) is 5.56 Å². The second-order valence-corrected chi connectivity index (χ2v) is 7.23. The van der Waals surface area contributed by atoms with Crippen LogP contribution in [0.2, 0.25) is 0 Å². The Morgan fingerprint density at radius 3 is 2.67 bits per heavy atom. The number of hydrogen-bond acceptors (Lipinski definition) is 7. The van der Waals surface area contributed by atoms with Crippen molar-refractivity contribution in [3.05, 3.63) is 53.2 Å². The standard InChI is InChI=1S/C20H21F3N6O/c1-27-11-15(9-24)19-17(8-16(12-29(19)27)30-13-20(21,22)23)14-2-3-18(26-10-14)28-6-4-25-5-7-28/h2-3,8,10,12,25H,4-7,11,13H2,1H3. The van der Waals surface area contributed by atoms with E-state index in [1.807, 2.05) is 12.1 Å². The van der Waals surface area contributed by atoms with Gasteiger partial charge in [0, 0.05) is 50.6 Å². The molecule has 30 heavy (non-hydrogen) atoms. The first kappa shape index (κ1) is 20.3. The van der Waals surface area contributed by atoms with Crippen molar-refractivity contribution in [2.75, 3.05) is 51.3 Å². The average Bonchev–Trinajstić information content (AvgIpc) is 3.08. The number of rotatable bonds is 4. The Bertz CT molecular complexity index is 939. The number of halogens is 3. The quantitative estimate of drug-likeness (QED) is 0.805. The number of fused-ring (bicyclic) bond motifs is 1. The number of ether oxygens (including phenoxy) is 1. The summed E-state index contributed by atoms with van der Waals surface area (Å²) < 4.78 is 42.9. The summed E-state index contributed by atoms with van der Waals surface area (Å²) in [6, 6.07) is 5.97. The van der Waals surface area contributed by atoms with Gasteiger partial charge in [-0.25, -0.2) is 9.99 Å². The summed E-state index contributed by atoms with van der Waals surface area (Å²) in [5.41, 5.74) is 2.48. The largest absolute Gasteiger partial charge is 0.483 e. The number of allylic oxidation sites excluding steroid dienone is 2. The fraction of sp³-hybridized carbons (Fsp3) is 0.400. The van der Waals surface area contributed by atoms with E-state index < -0.39 is 12.8 Å². The van der Waals surface area contributed by atoms with Crippen molar-refractivity contribution >= 4 is 11.4 Å². The van der Waals surface area contributed by atoms with E-state index >= 15 is 0 Å². The van der Waals surface area contributed by atoms with Crippen molar-refractivity contribution in [2.45, 2.75) is 6.18 Å². The molecular weight excluding hydrogens is 397 g/mol. The summed E-state index contributed by atoms with van der Waals surface area (Å²) in [5, 5.41) is 16.3. The molecule has 0 amide bonds. The van der Waals surface area contributed by atoms with Crippen LogP contribution in [0.5, 0.6) is 0 Å². The SMILES string of the molecule is CN1CC(C#N)=C2C(c3ccc(N4CCNCC4)nc3)=CC(OCC(F)(F)F)=CN21. The van der Waals surface area contributed by atoms with Gasteiger partial charge in [0.15, 0.2) is 6.61 Å². The second-order valence-electron chi connectivity index (χ2n) is 7.23. The number of hydrogen-bond donors (Lipinski definition) is 1. The predicted molar refractivity (Wildman–Crippen MR) is 104 cm³/mol. The van der Waals surface area contributed by atoms with E-state index in [9.17, 15) is 18.4 Å². The van der Waals surface area contributed by atoms with E-state index in [4.69, 9.17) is 4.74 Å². The highest BCUT2D eigenvalue weighted by molar-refractivity contribution is 5.83. The van der Waals surface area contributed by atoms with Gasteiger partial charge in [-0.05, 0) is 18.2 Å². The first-order valence-corrected chi connectivity index (χ1v) is 9.55. The molecule has 0 unspecified atom stereocenters. The van der Waals surface area contributed by atoms with Gasteiger partial charge in [-0.1, -0.05) is 0 Å². The lowest BCUT2D eigenvalue weighted by molar-refractivity contribution is -0.164. The third-order valence-electron chi connectivity index (χ3n) is 5.10. The molecular formula is C20H21F3N6O. The van der Waals surface area contributed by atoms with Crippen molar-refractivity contribution in [2.24, 2.45) is 0 Å². The Morgan fingerprint density at radius 2 is 2.03 bits per heavy atom. The normalized spacial score (nSPS) is 20.0. The van der Waals surface area contributed by atoms with Crippen molar-refractivity contribution in [1.29, 1.82) is 5.26 Å². The summed E-state index contributed by atoms with van der Waals surface area (Å²) in [6.07, 6.45) is 0.258. The van der Waals surface area contributed by atoms with Crippen LogP contribution in [0.3, 0.4) is 0 Å². The number of hydrazine groups is 1. The highest BCUT2D eigenvalue weighted by Crippen LogP contribution is 2.39. The molecule has 0 aliphatic carbocycles. The van der Waals surface area contributed by atoms with Crippen LogP contribution in [0, 0.1) is 11.3 Å². The lowest BCUT2D eigenvalue weighted by Gasteiger charge is -2.31. The van der Waals surface area contributed by atoms with Crippen molar-refractivity contribution in [3.63, 3.8) is 0 Å². The molecule has 0 spiro atoms. The molecule has 1 aromatic rings. The molecule has 4 heterocycles. The van der Waals surface area contributed by atoms with Gasteiger partial charge >= 0.3 is 6.18 Å². The van der Waals surface area contributed by atoms with Gasteiger partial charge in [-0.3, -0.25) is 5.01 Å². The van der Waals surface area contributed by atoms with Gasteiger partial charge in [0.25, 0.3) is 0 Å². The Balaban J connectivity index is 1.66. The van der Waals surface area contributed by atoms with Gasteiger partial charge in [-0.15, -0.1) is 0 Å². The number of nitriles is 1. The van der Waals surface area contributed by atoms with Crippen LogP contribution in [0.15, 0.2) is 47.6 Å². The highest BCUT2D eigenvalue weighted by atomic mass is 19.4. The lowest BCUT2D eigenvalue weighted by atomic mass is 9.98. The van der Waals surface area contributed by atoms with E-state index in [0.717, 1.165) is 32.0 Å². The molecule has 0 atom stereocenters. The summed E-state index contributed by atoms with van der Waals surface area (Å²) in [6.45, 7) is 2.46. The number of nitrogens with one attached hydrogen (secondary N) is 1. The van der Waals surface area contributed by atoms with Gasteiger partial charge in [0.2, 0.25) is 0 Å². The Labute approximate surface area is 172 Å². The van der Waals surface area contributed by atoms with Gasteiger partial charge in [0.05, 0.1) is 30.1 Å². The summed E-state index contributed by atoms with van der Waals surface area (Å²) in [4.78, 5) is 6.72. The summed E-state index contributed by atoms with van der Waals surface area (Å²) in [7, 11) is 1.76. The maximum Gasteiger partial charge on any atom is 0.422 e. The molecule has 0 saturated carbocycles. The Morgan fingerprint density at radius 1 is 1.27 bits per heavy atom. The summed E-state index contributed by atoms with van der Waals surface area (Å²) >= 11 is 0. The minimum absolute atomic E-state index is 0.0725. The molecule has 0 bridgehead atoms. The zero-order valence-electron chi connectivity index (χ0n) is 16.4. The molecule has 0 radical (unpaired) electrons. The average molecular weight is 418 g/mol. The fourth-order valence-electron chi connectivity index (χ4n) is 3.69. The molecule has 7 nitrogen and oxygen atoms in total. The number of alkyl halides is 3. The molecule has 0 aromatic carbocycles. The van der Waals surface area contributed by atoms with Gasteiger partial charge in [0.1, 0.15) is 11.6 Å². The molecule has 3 aliphatic heterocycles. The number of likely N-dealkylation sites (N-methyl/N-ethyl adjacent to an activating group) is 1. The summed E-state index contributed by atoms with van der Waals surface area (Å²) in [5.74, 6) is 0.916. The minimum Gasteiger partial charge on any atom is -0.483 e. The van der Waals surface area contributed by atoms with E-state index in [0.29, 0.717) is 29.0 Å². The molecule has 1 aromatic heterocycles. The second kappa shape index (κ2) is 8.01. The van der Waals surface area contributed by atoms with Gasteiger partial charge < -0.3 is 15.0 Å². The lowest BCUT2D eigenvalue weighted by Crippen LogP contribution is -2.43. The topological polar surface area (TPSA) is 67.7 Å². The van der Waals surface area contributed by atoms with Crippen LogP contribution < -0.4 is 10.2 Å². The number of aromatic nitrogens is 1. The molecule has 1 saturated heterocycles. The van der Waals surface area contributed by atoms with Crippen molar-refractivity contribution in [3.8, 4) is 6.07 Å². The van der Waals surface area contributed by atoms with Crippen LogP contribution >= 0.6 is 0 Å². The van der Waals surface area contributed by atoms with E-state index in [1.165, 1.54) is 12.3 Å². The Kier molecular flexibility index (Phi) is 5.40. The monoisotopic (exact) mass is 418 g/mol. The molecule has 4 rings (SSSR count). The maximum atomic E-state index is 12.6. The van der Waals surface area contributed by atoms with Gasteiger partial charge in [-0.2, -0.15) is 18.4 Å². The van der Waals surface area contributed by atoms with Crippen molar-refractivity contribution < 1.29 is 17.9 Å². The third-order valence-corrected chi connectivity index (χ3v) is 5.10. The first-order chi connectivity index (χ1) is 14.4. The number of nitrogens with zero attached hydrogens (tertiary/aromatic N) is 5. The third kappa shape index (κ3) is 4.13. The van der Waals surface area contributed by atoms with Crippen LogP contribution in [0.4, 0.5) is 19.0 Å². The zero-order valence-corrected chi connectivity index (χ0v) is 16.4. The smallest absolute Gasteiger partial charge is 0.422 e. The zero-order chi connectivity index (χ0) is 21.3. The maximum absolute atomic E-state index is 12.6. The Hall–Kier alpha value is -3.03. The predicted octanol–water partition coefficient (Wildman–Crippen LogP) is 2.25. The number of pyridine rings is 1. The van der Waals surface area contributed by atoms with E-state index in [1.54, 1.807) is 23.3 Å². The van der Waals surface area contributed by atoms with E-state index in [2.05, 4.69) is 21.3 Å². The molecule has 1 fully saturated rings. The molecule has 158 valence electrons. The van der Waals surface area contributed by atoms with Crippen LogP contribution in [-0.4, -0.2) is 67.6 Å². The van der Waals surface area contributed by atoms with E-state index in [-0.39, 0.29) is 5.76 Å². The van der Waals surface area contributed by atoms with Crippen LogP contribution in [-0.2, 0) is 4.74 Å².